The van der Waals surface area contributed by atoms with Crippen LogP contribution in [0.5, 0.6) is 0 Å². The zero-order valence-corrected chi connectivity index (χ0v) is 12.3. The molecule has 1 unspecified atom stereocenters. The lowest BCUT2D eigenvalue weighted by Crippen LogP contribution is -2.29. The van der Waals surface area contributed by atoms with Crippen molar-refractivity contribution in [2.75, 3.05) is 25.5 Å². The van der Waals surface area contributed by atoms with Crippen LogP contribution < -0.4 is 10.0 Å². The van der Waals surface area contributed by atoms with Crippen LogP contribution in [0.25, 0.3) is 0 Å². The Morgan fingerprint density at radius 2 is 2.10 bits per heavy atom. The Labute approximate surface area is 119 Å². The second-order valence-corrected chi connectivity index (χ2v) is 6.43. The number of aromatic nitrogens is 2. The molecule has 0 aromatic carbocycles. The molecule has 1 aliphatic heterocycles. The number of sulfonamides is 1. The van der Waals surface area contributed by atoms with Gasteiger partial charge < -0.3 is 10.1 Å². The Bertz CT molecular complexity index is 512. The standard InChI is InChI=1S/C12H20N4O3S/c1-13-12-14-8-11(9-15-12)20(17,18)16-6-5-10-4-2-3-7-19-10/h8-10,16H,2-7H2,1H3,(H,13,14,15). The molecule has 7 nitrogen and oxygen atoms in total. The maximum atomic E-state index is 12.0. The zero-order chi connectivity index (χ0) is 14.4. The van der Waals surface area contributed by atoms with Gasteiger partial charge in [0.25, 0.3) is 0 Å². The number of rotatable bonds is 6. The van der Waals surface area contributed by atoms with E-state index in [-0.39, 0.29) is 11.0 Å². The Hall–Kier alpha value is -1.25. The number of hydrogen-bond donors (Lipinski definition) is 2. The molecule has 112 valence electrons. The highest BCUT2D eigenvalue weighted by Gasteiger charge is 2.17. The number of nitrogens with one attached hydrogen (secondary N) is 2. The van der Waals surface area contributed by atoms with Gasteiger partial charge in [-0.2, -0.15) is 0 Å². The molecule has 1 aromatic heterocycles. The van der Waals surface area contributed by atoms with E-state index in [4.69, 9.17) is 4.74 Å². The minimum atomic E-state index is -3.54. The Balaban J connectivity index is 1.86. The maximum Gasteiger partial charge on any atom is 0.243 e. The number of nitrogens with zero attached hydrogens (tertiary/aromatic N) is 2. The van der Waals surface area contributed by atoms with E-state index in [9.17, 15) is 8.42 Å². The first-order valence-corrected chi connectivity index (χ1v) is 8.21. The van der Waals surface area contributed by atoms with Crippen LogP contribution in [0.15, 0.2) is 17.3 Å². The summed E-state index contributed by atoms with van der Waals surface area (Å²) in [4.78, 5) is 7.86. The first kappa shape index (κ1) is 15.1. The lowest BCUT2D eigenvalue weighted by Gasteiger charge is -2.22. The zero-order valence-electron chi connectivity index (χ0n) is 11.5. The summed E-state index contributed by atoms with van der Waals surface area (Å²) in [7, 11) is -1.87. The molecule has 20 heavy (non-hydrogen) atoms. The minimum Gasteiger partial charge on any atom is -0.378 e. The molecule has 0 saturated carbocycles. The molecule has 0 amide bonds. The third kappa shape index (κ3) is 4.12. The van der Waals surface area contributed by atoms with E-state index in [2.05, 4.69) is 20.0 Å². The van der Waals surface area contributed by atoms with E-state index in [1.807, 2.05) is 0 Å². The third-order valence-corrected chi connectivity index (χ3v) is 4.61. The van der Waals surface area contributed by atoms with Gasteiger partial charge >= 0.3 is 0 Å². The third-order valence-electron chi connectivity index (χ3n) is 3.19. The van der Waals surface area contributed by atoms with E-state index in [0.717, 1.165) is 25.9 Å². The fourth-order valence-corrected chi connectivity index (χ4v) is 2.99. The molecule has 0 radical (unpaired) electrons. The summed E-state index contributed by atoms with van der Waals surface area (Å²) in [5.74, 6) is 0.388. The highest BCUT2D eigenvalue weighted by Crippen LogP contribution is 2.15. The van der Waals surface area contributed by atoms with Crippen molar-refractivity contribution in [2.45, 2.75) is 36.7 Å². The van der Waals surface area contributed by atoms with Crippen LogP contribution in [0.4, 0.5) is 5.95 Å². The molecular formula is C12H20N4O3S. The number of ether oxygens (including phenoxy) is 1. The average Bonchev–Trinajstić information content (AvgIpc) is 2.48. The van der Waals surface area contributed by atoms with Crippen molar-refractivity contribution < 1.29 is 13.2 Å². The molecule has 0 bridgehead atoms. The monoisotopic (exact) mass is 300 g/mol. The summed E-state index contributed by atoms with van der Waals surface area (Å²) in [6, 6.07) is 0. The molecule has 0 aliphatic carbocycles. The van der Waals surface area contributed by atoms with Gasteiger partial charge in [0.2, 0.25) is 16.0 Å². The molecule has 1 atom stereocenters. The van der Waals surface area contributed by atoms with Crippen molar-refractivity contribution >= 4 is 16.0 Å². The number of hydrogen-bond acceptors (Lipinski definition) is 6. The van der Waals surface area contributed by atoms with Gasteiger partial charge in [-0.15, -0.1) is 0 Å². The molecule has 1 aliphatic rings. The summed E-state index contributed by atoms with van der Waals surface area (Å²) in [6.07, 6.45) is 6.68. The van der Waals surface area contributed by atoms with Crippen molar-refractivity contribution in [3.05, 3.63) is 12.4 Å². The first-order chi connectivity index (χ1) is 9.62. The average molecular weight is 300 g/mol. The van der Waals surface area contributed by atoms with Crippen molar-refractivity contribution in [3.8, 4) is 0 Å². The molecule has 1 fully saturated rings. The maximum absolute atomic E-state index is 12.0. The quantitative estimate of drug-likeness (QED) is 0.805. The molecule has 1 saturated heterocycles. The highest BCUT2D eigenvalue weighted by atomic mass is 32.2. The molecule has 0 spiro atoms. The topological polar surface area (TPSA) is 93.2 Å². The van der Waals surface area contributed by atoms with Crippen molar-refractivity contribution in [2.24, 2.45) is 0 Å². The van der Waals surface area contributed by atoms with Gasteiger partial charge in [0, 0.05) is 20.2 Å². The molecule has 2 rings (SSSR count). The van der Waals surface area contributed by atoms with E-state index < -0.39 is 10.0 Å². The fourth-order valence-electron chi connectivity index (χ4n) is 2.06. The lowest BCUT2D eigenvalue weighted by atomic mass is 10.1. The smallest absolute Gasteiger partial charge is 0.243 e. The van der Waals surface area contributed by atoms with Crippen LogP contribution in [-0.2, 0) is 14.8 Å². The highest BCUT2D eigenvalue weighted by molar-refractivity contribution is 7.89. The van der Waals surface area contributed by atoms with Gasteiger partial charge in [-0.25, -0.2) is 23.1 Å². The predicted octanol–water partition coefficient (Wildman–Crippen LogP) is 0.756. The molecular weight excluding hydrogens is 280 g/mol. The van der Waals surface area contributed by atoms with Crippen molar-refractivity contribution in [1.29, 1.82) is 0 Å². The summed E-state index contributed by atoms with van der Waals surface area (Å²) < 4.78 is 32.2. The summed E-state index contributed by atoms with van der Waals surface area (Å²) in [5, 5.41) is 2.74. The van der Waals surface area contributed by atoms with Gasteiger partial charge in [-0.1, -0.05) is 0 Å². The summed E-state index contributed by atoms with van der Waals surface area (Å²) in [6.45, 7) is 1.14. The van der Waals surface area contributed by atoms with Crippen molar-refractivity contribution in [3.63, 3.8) is 0 Å². The minimum absolute atomic E-state index is 0.0704. The molecule has 2 N–H and O–H groups in total. The fraction of sp³-hybridized carbons (Fsp3) is 0.667. The van der Waals surface area contributed by atoms with Crippen LogP contribution in [0.3, 0.4) is 0 Å². The van der Waals surface area contributed by atoms with Gasteiger partial charge in [0.05, 0.1) is 18.5 Å². The summed E-state index contributed by atoms with van der Waals surface area (Å²) >= 11 is 0. The van der Waals surface area contributed by atoms with E-state index in [1.165, 1.54) is 12.4 Å². The Morgan fingerprint density at radius 1 is 1.35 bits per heavy atom. The Kier molecular flexibility index (Phi) is 5.27. The van der Waals surface area contributed by atoms with E-state index >= 15 is 0 Å². The van der Waals surface area contributed by atoms with Gasteiger partial charge in [-0.05, 0) is 25.7 Å². The van der Waals surface area contributed by atoms with Crippen LogP contribution >= 0.6 is 0 Å². The lowest BCUT2D eigenvalue weighted by molar-refractivity contribution is 0.0123. The second kappa shape index (κ2) is 6.96. The molecule has 8 heteroatoms. The van der Waals surface area contributed by atoms with E-state index in [0.29, 0.717) is 18.9 Å². The van der Waals surface area contributed by atoms with Crippen LogP contribution in [-0.4, -0.2) is 44.7 Å². The summed E-state index contributed by atoms with van der Waals surface area (Å²) in [5.41, 5.74) is 0. The predicted molar refractivity (Wildman–Crippen MR) is 75.0 cm³/mol. The molecule has 2 heterocycles. The van der Waals surface area contributed by atoms with Gasteiger partial charge in [0.1, 0.15) is 4.90 Å². The molecule has 1 aromatic rings. The number of anilines is 1. The van der Waals surface area contributed by atoms with Crippen LogP contribution in [0.2, 0.25) is 0 Å². The van der Waals surface area contributed by atoms with Crippen molar-refractivity contribution in [1.82, 2.24) is 14.7 Å². The van der Waals surface area contributed by atoms with Crippen LogP contribution in [0.1, 0.15) is 25.7 Å². The van der Waals surface area contributed by atoms with Gasteiger partial charge in [0.15, 0.2) is 0 Å². The second-order valence-electron chi connectivity index (χ2n) is 4.67. The SMILES string of the molecule is CNc1ncc(S(=O)(=O)NCCC2CCCCO2)cn1. The van der Waals surface area contributed by atoms with Crippen LogP contribution in [0, 0.1) is 0 Å². The van der Waals surface area contributed by atoms with E-state index in [1.54, 1.807) is 7.05 Å². The Morgan fingerprint density at radius 3 is 2.70 bits per heavy atom. The van der Waals surface area contributed by atoms with Gasteiger partial charge in [-0.3, -0.25) is 0 Å². The normalized spacial score (nSPS) is 19.8. The largest absolute Gasteiger partial charge is 0.378 e. The first-order valence-electron chi connectivity index (χ1n) is 6.73.